The molecule has 1 saturated heterocycles. The quantitative estimate of drug-likeness (QED) is 0.749. The smallest absolute Gasteiger partial charge is 0.278 e. The number of piperidine rings is 1. The number of carbonyl (C=O) groups excluding carboxylic acids is 2. The van der Waals surface area contributed by atoms with Gasteiger partial charge in [0.05, 0.1) is 12.1 Å². The van der Waals surface area contributed by atoms with Crippen molar-refractivity contribution < 1.29 is 9.59 Å². The first-order chi connectivity index (χ1) is 13.1. The van der Waals surface area contributed by atoms with E-state index in [0.29, 0.717) is 16.3 Å². The summed E-state index contributed by atoms with van der Waals surface area (Å²) < 4.78 is 0. The van der Waals surface area contributed by atoms with Crippen molar-refractivity contribution in [1.29, 1.82) is 0 Å². The number of hydrogen-bond donors (Lipinski definition) is 0. The van der Waals surface area contributed by atoms with E-state index in [2.05, 4.69) is 4.90 Å². The molecule has 4 nitrogen and oxygen atoms in total. The number of likely N-dealkylation sites (tertiary alicyclic amines) is 1. The Bertz CT molecular complexity index is 884. The Balaban J connectivity index is 1.71. The maximum absolute atomic E-state index is 13.2. The van der Waals surface area contributed by atoms with Crippen molar-refractivity contribution in [1.82, 2.24) is 9.80 Å². The molecule has 0 bridgehead atoms. The number of benzene rings is 2. The zero-order chi connectivity index (χ0) is 18.8. The number of halogens is 1. The Hall–Kier alpha value is -2.59. The zero-order valence-electron chi connectivity index (χ0n) is 15.0. The molecule has 0 atom stereocenters. The van der Waals surface area contributed by atoms with Crippen molar-refractivity contribution in [2.45, 2.75) is 25.8 Å². The van der Waals surface area contributed by atoms with Crippen LogP contribution in [0.25, 0.3) is 5.57 Å². The molecule has 0 N–H and O–H groups in total. The van der Waals surface area contributed by atoms with Gasteiger partial charge in [0, 0.05) is 18.1 Å². The molecular weight excluding hydrogens is 360 g/mol. The molecule has 0 unspecified atom stereocenters. The molecule has 27 heavy (non-hydrogen) atoms. The van der Waals surface area contributed by atoms with Crippen LogP contribution >= 0.6 is 11.6 Å². The van der Waals surface area contributed by atoms with Crippen molar-refractivity contribution >= 4 is 29.0 Å². The van der Waals surface area contributed by atoms with Gasteiger partial charge in [-0.2, -0.15) is 0 Å². The molecular formula is C22H21ClN2O2. The Labute approximate surface area is 164 Å². The molecule has 0 spiro atoms. The number of imide groups is 1. The van der Waals surface area contributed by atoms with E-state index in [1.807, 2.05) is 42.5 Å². The van der Waals surface area contributed by atoms with Gasteiger partial charge in [0.1, 0.15) is 5.70 Å². The predicted octanol–water partition coefficient (Wildman–Crippen LogP) is 4.11. The van der Waals surface area contributed by atoms with Gasteiger partial charge in [-0.15, -0.1) is 0 Å². The fourth-order valence-electron chi connectivity index (χ4n) is 3.76. The van der Waals surface area contributed by atoms with E-state index in [0.717, 1.165) is 37.1 Å². The Morgan fingerprint density at radius 1 is 0.815 bits per heavy atom. The molecule has 2 amide bonds. The molecule has 2 heterocycles. The second kappa shape index (κ2) is 7.57. The first-order valence-corrected chi connectivity index (χ1v) is 9.68. The second-order valence-electron chi connectivity index (χ2n) is 6.96. The highest BCUT2D eigenvalue weighted by molar-refractivity contribution is 6.35. The van der Waals surface area contributed by atoms with Gasteiger partial charge in [0.25, 0.3) is 11.8 Å². The summed E-state index contributed by atoms with van der Waals surface area (Å²) in [7, 11) is 0. The maximum Gasteiger partial charge on any atom is 0.278 e. The van der Waals surface area contributed by atoms with Crippen LogP contribution in [0.2, 0.25) is 5.02 Å². The lowest BCUT2D eigenvalue weighted by atomic mass is 10.0. The minimum Gasteiger partial charge on any atom is -0.366 e. The standard InChI is InChI=1S/C22H21ClN2O2/c23-18-11-9-16(10-12-18)15-25-21(26)19(17-7-3-1-4-8-17)20(22(25)27)24-13-5-2-6-14-24/h1,3-4,7-12H,2,5-6,13-15H2. The predicted molar refractivity (Wildman–Crippen MR) is 106 cm³/mol. The van der Waals surface area contributed by atoms with Crippen molar-refractivity contribution in [2.75, 3.05) is 13.1 Å². The van der Waals surface area contributed by atoms with E-state index in [1.165, 1.54) is 11.3 Å². The molecule has 2 aliphatic rings. The summed E-state index contributed by atoms with van der Waals surface area (Å²) in [5.74, 6) is -0.419. The Morgan fingerprint density at radius 2 is 1.48 bits per heavy atom. The Kier molecular flexibility index (Phi) is 4.99. The molecule has 0 radical (unpaired) electrons. The number of hydrogen-bond acceptors (Lipinski definition) is 3. The molecule has 4 rings (SSSR count). The third kappa shape index (κ3) is 3.50. The highest BCUT2D eigenvalue weighted by atomic mass is 35.5. The first kappa shape index (κ1) is 17.8. The lowest BCUT2D eigenvalue weighted by Crippen LogP contribution is -2.36. The van der Waals surface area contributed by atoms with Crippen LogP contribution in [-0.4, -0.2) is 34.7 Å². The van der Waals surface area contributed by atoms with Gasteiger partial charge < -0.3 is 4.90 Å². The summed E-state index contributed by atoms with van der Waals surface area (Å²) in [5.41, 5.74) is 2.76. The van der Waals surface area contributed by atoms with Crippen LogP contribution in [-0.2, 0) is 16.1 Å². The summed E-state index contributed by atoms with van der Waals surface area (Å²) in [6.45, 7) is 1.89. The van der Waals surface area contributed by atoms with E-state index in [1.54, 1.807) is 12.1 Å². The molecule has 0 aliphatic carbocycles. The normalized spacial score (nSPS) is 17.8. The highest BCUT2D eigenvalue weighted by Gasteiger charge is 2.41. The van der Waals surface area contributed by atoms with Crippen LogP contribution in [0.1, 0.15) is 30.4 Å². The zero-order valence-corrected chi connectivity index (χ0v) is 15.8. The molecule has 5 heteroatoms. The minimum absolute atomic E-state index is 0.198. The van der Waals surface area contributed by atoms with E-state index in [4.69, 9.17) is 11.6 Å². The molecule has 2 aromatic rings. The van der Waals surface area contributed by atoms with Crippen LogP contribution in [0.15, 0.2) is 60.3 Å². The largest absolute Gasteiger partial charge is 0.366 e. The Morgan fingerprint density at radius 3 is 2.15 bits per heavy atom. The van der Waals surface area contributed by atoms with Gasteiger partial charge in [-0.05, 0) is 42.5 Å². The minimum atomic E-state index is -0.221. The summed E-state index contributed by atoms with van der Waals surface area (Å²) in [5, 5.41) is 0.634. The van der Waals surface area contributed by atoms with Crippen LogP contribution in [0.3, 0.4) is 0 Å². The van der Waals surface area contributed by atoms with E-state index in [9.17, 15) is 9.59 Å². The molecule has 138 valence electrons. The van der Waals surface area contributed by atoms with Gasteiger partial charge in [-0.3, -0.25) is 14.5 Å². The van der Waals surface area contributed by atoms with Gasteiger partial charge in [-0.1, -0.05) is 54.1 Å². The SMILES string of the molecule is O=C1C(c2ccccc2)=C(N2CCCCC2)C(=O)N1Cc1ccc(Cl)cc1. The van der Waals surface area contributed by atoms with Crippen molar-refractivity contribution in [3.63, 3.8) is 0 Å². The topological polar surface area (TPSA) is 40.6 Å². The summed E-state index contributed by atoms with van der Waals surface area (Å²) in [6, 6.07) is 16.8. The fourth-order valence-corrected chi connectivity index (χ4v) is 3.88. The number of carbonyl (C=O) groups is 2. The first-order valence-electron chi connectivity index (χ1n) is 9.30. The van der Waals surface area contributed by atoms with Crippen molar-refractivity contribution in [3.05, 3.63) is 76.4 Å². The fraction of sp³-hybridized carbons (Fsp3) is 0.273. The lowest BCUT2D eigenvalue weighted by molar-refractivity contribution is -0.138. The summed E-state index contributed by atoms with van der Waals surface area (Å²) in [6.07, 6.45) is 3.26. The van der Waals surface area contributed by atoms with Crippen LogP contribution in [0, 0.1) is 0 Å². The maximum atomic E-state index is 13.2. The third-order valence-corrected chi connectivity index (χ3v) is 5.38. The van der Waals surface area contributed by atoms with E-state index < -0.39 is 0 Å². The number of nitrogens with zero attached hydrogens (tertiary/aromatic N) is 2. The molecule has 1 fully saturated rings. The van der Waals surface area contributed by atoms with E-state index >= 15 is 0 Å². The summed E-state index contributed by atoms with van der Waals surface area (Å²) >= 11 is 5.95. The molecule has 0 saturated carbocycles. The highest BCUT2D eigenvalue weighted by Crippen LogP contribution is 2.33. The van der Waals surface area contributed by atoms with Crippen molar-refractivity contribution in [2.24, 2.45) is 0 Å². The van der Waals surface area contributed by atoms with Gasteiger partial charge >= 0.3 is 0 Å². The molecule has 2 aromatic carbocycles. The van der Waals surface area contributed by atoms with Crippen LogP contribution in [0.5, 0.6) is 0 Å². The average Bonchev–Trinajstić information content (AvgIpc) is 2.95. The number of rotatable bonds is 4. The van der Waals surface area contributed by atoms with Gasteiger partial charge in [-0.25, -0.2) is 0 Å². The van der Waals surface area contributed by atoms with Gasteiger partial charge in [0.2, 0.25) is 0 Å². The third-order valence-electron chi connectivity index (χ3n) is 5.13. The van der Waals surface area contributed by atoms with Crippen LogP contribution in [0.4, 0.5) is 0 Å². The van der Waals surface area contributed by atoms with E-state index in [-0.39, 0.29) is 18.4 Å². The van der Waals surface area contributed by atoms with Crippen LogP contribution < -0.4 is 0 Å². The summed E-state index contributed by atoms with van der Waals surface area (Å²) in [4.78, 5) is 29.9. The van der Waals surface area contributed by atoms with Gasteiger partial charge in [0.15, 0.2) is 0 Å². The monoisotopic (exact) mass is 380 g/mol. The lowest BCUT2D eigenvalue weighted by Gasteiger charge is -2.29. The second-order valence-corrected chi connectivity index (χ2v) is 7.40. The average molecular weight is 381 g/mol. The van der Waals surface area contributed by atoms with Crippen molar-refractivity contribution in [3.8, 4) is 0 Å². The number of amides is 2. The molecule has 0 aromatic heterocycles. The molecule has 2 aliphatic heterocycles.